The predicted molar refractivity (Wildman–Crippen MR) is 84.1 cm³/mol. The molecular formula is C19H22O3. The van der Waals surface area contributed by atoms with E-state index in [-0.39, 0.29) is 29.6 Å². The van der Waals surface area contributed by atoms with E-state index in [1.807, 2.05) is 12.1 Å². The highest BCUT2D eigenvalue weighted by molar-refractivity contribution is 5.74. The summed E-state index contributed by atoms with van der Waals surface area (Å²) in [6.45, 7) is 0. The number of ether oxygens (including phenoxy) is 1. The molecule has 1 N–H and O–H groups in total. The lowest BCUT2D eigenvalue weighted by atomic mass is 9.57. The van der Waals surface area contributed by atoms with Crippen LogP contribution in [0.4, 0.5) is 0 Å². The molecule has 0 unspecified atom stereocenters. The van der Waals surface area contributed by atoms with E-state index >= 15 is 0 Å². The Balaban J connectivity index is 1.80. The molecule has 22 heavy (non-hydrogen) atoms. The molecule has 5 atom stereocenters. The maximum absolute atomic E-state index is 12.3. The highest BCUT2D eigenvalue weighted by Gasteiger charge is 2.58. The first-order chi connectivity index (χ1) is 10.6. The van der Waals surface area contributed by atoms with Crippen LogP contribution in [-0.4, -0.2) is 23.8 Å². The molecule has 0 heterocycles. The van der Waals surface area contributed by atoms with Gasteiger partial charge in [0.15, 0.2) is 0 Å². The molecule has 3 heteroatoms. The van der Waals surface area contributed by atoms with Crippen LogP contribution in [0.25, 0.3) is 6.08 Å². The van der Waals surface area contributed by atoms with Crippen molar-refractivity contribution in [2.24, 2.45) is 17.8 Å². The SMILES string of the molecule is COC(=O)[C@@H]1C[C@H]2c3ccccc3C=C[C@H]2[C@@]2(O)CCC[C@@H]12. The highest BCUT2D eigenvalue weighted by Crippen LogP contribution is 2.58. The van der Waals surface area contributed by atoms with Crippen molar-refractivity contribution in [1.82, 2.24) is 0 Å². The van der Waals surface area contributed by atoms with Gasteiger partial charge in [0.1, 0.15) is 0 Å². The molecular weight excluding hydrogens is 276 g/mol. The molecule has 1 aromatic carbocycles. The molecule has 116 valence electrons. The van der Waals surface area contributed by atoms with Gasteiger partial charge in [-0.05, 0) is 36.3 Å². The van der Waals surface area contributed by atoms with Gasteiger partial charge in [-0.2, -0.15) is 0 Å². The summed E-state index contributed by atoms with van der Waals surface area (Å²) in [7, 11) is 1.46. The van der Waals surface area contributed by atoms with Crippen LogP contribution in [0.1, 0.15) is 42.7 Å². The van der Waals surface area contributed by atoms with Gasteiger partial charge in [0, 0.05) is 11.8 Å². The fourth-order valence-corrected chi connectivity index (χ4v) is 5.18. The summed E-state index contributed by atoms with van der Waals surface area (Å²) in [5.41, 5.74) is 1.72. The Hall–Kier alpha value is -1.61. The maximum atomic E-state index is 12.3. The first kappa shape index (κ1) is 14.0. The van der Waals surface area contributed by atoms with Gasteiger partial charge in [0.2, 0.25) is 0 Å². The molecule has 0 bridgehead atoms. The van der Waals surface area contributed by atoms with Crippen molar-refractivity contribution in [3.63, 3.8) is 0 Å². The van der Waals surface area contributed by atoms with Crippen molar-refractivity contribution >= 4 is 12.0 Å². The second kappa shape index (κ2) is 4.95. The van der Waals surface area contributed by atoms with Gasteiger partial charge in [0.05, 0.1) is 18.6 Å². The zero-order chi connectivity index (χ0) is 15.3. The summed E-state index contributed by atoms with van der Waals surface area (Å²) < 4.78 is 5.04. The third-order valence-electron chi connectivity index (χ3n) is 6.12. The van der Waals surface area contributed by atoms with E-state index in [4.69, 9.17) is 4.74 Å². The van der Waals surface area contributed by atoms with Gasteiger partial charge in [-0.3, -0.25) is 4.79 Å². The maximum Gasteiger partial charge on any atom is 0.309 e. The van der Waals surface area contributed by atoms with Crippen LogP contribution < -0.4 is 0 Å². The Morgan fingerprint density at radius 2 is 2.18 bits per heavy atom. The lowest BCUT2D eigenvalue weighted by Gasteiger charge is -2.50. The third-order valence-corrected chi connectivity index (χ3v) is 6.12. The number of carbonyl (C=O) groups excluding carboxylic acids is 1. The van der Waals surface area contributed by atoms with Gasteiger partial charge in [-0.15, -0.1) is 0 Å². The molecule has 1 aromatic rings. The van der Waals surface area contributed by atoms with Gasteiger partial charge in [0.25, 0.3) is 0 Å². The monoisotopic (exact) mass is 298 g/mol. The standard InChI is InChI=1S/C19H22O3/c1-22-18(20)15-11-14-13-6-3-2-5-12(13)8-9-17(14)19(21)10-4-7-16(15)19/h2-3,5-6,8-9,14-17,21H,4,7,10-11H2,1H3/t14-,15+,16-,17+,19+/m0/s1. The van der Waals surface area contributed by atoms with Crippen molar-refractivity contribution < 1.29 is 14.6 Å². The van der Waals surface area contributed by atoms with Crippen molar-refractivity contribution in [1.29, 1.82) is 0 Å². The van der Waals surface area contributed by atoms with Crippen LogP contribution in [0.2, 0.25) is 0 Å². The van der Waals surface area contributed by atoms with E-state index in [2.05, 4.69) is 24.3 Å². The summed E-state index contributed by atoms with van der Waals surface area (Å²) in [5, 5.41) is 11.4. The molecule has 2 fully saturated rings. The van der Waals surface area contributed by atoms with Crippen LogP contribution in [0.3, 0.4) is 0 Å². The van der Waals surface area contributed by atoms with Crippen molar-refractivity contribution in [3.05, 3.63) is 41.5 Å². The molecule has 3 aliphatic rings. The van der Waals surface area contributed by atoms with E-state index in [9.17, 15) is 9.90 Å². The van der Waals surface area contributed by atoms with Crippen LogP contribution >= 0.6 is 0 Å². The Kier molecular flexibility index (Phi) is 3.15. The number of rotatable bonds is 1. The number of benzene rings is 1. The van der Waals surface area contributed by atoms with Gasteiger partial charge in [-0.25, -0.2) is 0 Å². The number of fused-ring (bicyclic) bond motifs is 5. The van der Waals surface area contributed by atoms with Crippen LogP contribution in [-0.2, 0) is 9.53 Å². The summed E-state index contributed by atoms with van der Waals surface area (Å²) in [6, 6.07) is 8.34. The van der Waals surface area contributed by atoms with E-state index in [0.717, 1.165) is 25.7 Å². The number of hydrogen-bond acceptors (Lipinski definition) is 3. The predicted octanol–water partition coefficient (Wildman–Crippen LogP) is 3.14. The van der Waals surface area contributed by atoms with E-state index < -0.39 is 5.60 Å². The average Bonchev–Trinajstić information content (AvgIpc) is 2.95. The first-order valence-electron chi connectivity index (χ1n) is 8.22. The lowest BCUT2D eigenvalue weighted by molar-refractivity contribution is -0.160. The average molecular weight is 298 g/mol. The minimum atomic E-state index is -0.758. The van der Waals surface area contributed by atoms with Crippen molar-refractivity contribution in [2.45, 2.75) is 37.2 Å². The lowest BCUT2D eigenvalue weighted by Crippen LogP contribution is -2.53. The Morgan fingerprint density at radius 1 is 1.36 bits per heavy atom. The minimum Gasteiger partial charge on any atom is -0.469 e. The molecule has 0 saturated heterocycles. The third kappa shape index (κ3) is 1.81. The summed E-state index contributed by atoms with van der Waals surface area (Å²) in [6.07, 6.45) is 7.81. The Bertz CT molecular complexity index is 635. The number of carbonyl (C=O) groups is 1. The van der Waals surface area contributed by atoms with E-state index in [0.29, 0.717) is 0 Å². The molecule has 0 radical (unpaired) electrons. The molecule has 0 aliphatic heterocycles. The zero-order valence-corrected chi connectivity index (χ0v) is 12.9. The van der Waals surface area contributed by atoms with Gasteiger partial charge >= 0.3 is 5.97 Å². The number of methoxy groups -OCH3 is 1. The molecule has 3 nitrogen and oxygen atoms in total. The van der Waals surface area contributed by atoms with E-state index in [1.165, 1.54) is 18.2 Å². The van der Waals surface area contributed by atoms with Gasteiger partial charge in [-0.1, -0.05) is 42.8 Å². The van der Waals surface area contributed by atoms with Crippen LogP contribution in [0.5, 0.6) is 0 Å². The molecule has 3 aliphatic carbocycles. The quantitative estimate of drug-likeness (QED) is 0.810. The number of hydrogen-bond donors (Lipinski definition) is 1. The Morgan fingerprint density at radius 3 is 3.00 bits per heavy atom. The first-order valence-corrected chi connectivity index (χ1v) is 8.22. The molecule has 2 saturated carbocycles. The summed E-state index contributed by atoms with van der Waals surface area (Å²) >= 11 is 0. The number of aliphatic hydroxyl groups is 1. The Labute approximate surface area is 131 Å². The normalized spacial score (nSPS) is 38.8. The highest BCUT2D eigenvalue weighted by atomic mass is 16.5. The molecule has 0 amide bonds. The van der Waals surface area contributed by atoms with Crippen molar-refractivity contribution in [3.8, 4) is 0 Å². The zero-order valence-electron chi connectivity index (χ0n) is 12.9. The fourth-order valence-electron chi connectivity index (χ4n) is 5.18. The molecule has 4 rings (SSSR count). The minimum absolute atomic E-state index is 0.0381. The fraction of sp³-hybridized carbons (Fsp3) is 0.526. The summed E-state index contributed by atoms with van der Waals surface area (Å²) in [4.78, 5) is 12.3. The second-order valence-electron chi connectivity index (χ2n) is 6.98. The summed E-state index contributed by atoms with van der Waals surface area (Å²) in [5.74, 6) is 0.0330. The largest absolute Gasteiger partial charge is 0.469 e. The smallest absolute Gasteiger partial charge is 0.309 e. The molecule has 0 spiro atoms. The molecule has 0 aromatic heterocycles. The van der Waals surface area contributed by atoms with Gasteiger partial charge < -0.3 is 9.84 Å². The number of esters is 1. The van der Waals surface area contributed by atoms with E-state index in [1.54, 1.807) is 0 Å². The van der Waals surface area contributed by atoms with Crippen LogP contribution in [0, 0.1) is 17.8 Å². The topological polar surface area (TPSA) is 46.5 Å². The second-order valence-corrected chi connectivity index (χ2v) is 6.98. The van der Waals surface area contributed by atoms with Crippen molar-refractivity contribution in [2.75, 3.05) is 7.11 Å². The van der Waals surface area contributed by atoms with Crippen LogP contribution in [0.15, 0.2) is 30.3 Å².